The van der Waals surface area contributed by atoms with Crippen LogP contribution in [0.1, 0.15) is 28.8 Å². The van der Waals surface area contributed by atoms with E-state index in [1.165, 1.54) is 5.56 Å². The average molecular weight is 358 g/mol. The predicted molar refractivity (Wildman–Crippen MR) is 76.1 cm³/mol. The molecule has 1 nitrogen and oxygen atoms in total. The van der Waals surface area contributed by atoms with E-state index in [-0.39, 0.29) is 5.92 Å². The number of hydrogen-bond donors (Lipinski definition) is 0. The summed E-state index contributed by atoms with van der Waals surface area (Å²) in [5.74, 6) is 1.11. The first-order valence-corrected chi connectivity index (χ1v) is 7.90. The van der Waals surface area contributed by atoms with Gasteiger partial charge < -0.3 is 0 Å². The Labute approximate surface area is 118 Å². The van der Waals surface area contributed by atoms with Crippen molar-refractivity contribution in [3.8, 4) is 0 Å². The van der Waals surface area contributed by atoms with Crippen LogP contribution in [-0.2, 0) is 6.42 Å². The molecule has 0 saturated heterocycles. The fraction of sp³-hybridized carbons (Fsp3) is 0.500. The maximum absolute atomic E-state index is 12.5. The number of hydrogen-bond acceptors (Lipinski definition) is 1. The van der Waals surface area contributed by atoms with Crippen molar-refractivity contribution in [2.45, 2.75) is 28.9 Å². The van der Waals surface area contributed by atoms with Crippen molar-refractivity contribution in [3.05, 3.63) is 35.4 Å². The summed E-state index contributed by atoms with van der Waals surface area (Å²) in [6, 6.07) is 8.09. The molecule has 1 fully saturated rings. The minimum absolute atomic E-state index is 0.225. The summed E-state index contributed by atoms with van der Waals surface area (Å²) in [6.45, 7) is 0. The van der Waals surface area contributed by atoms with Gasteiger partial charge in [0.2, 0.25) is 0 Å². The molecule has 0 spiro atoms. The van der Waals surface area contributed by atoms with Crippen LogP contribution >= 0.6 is 31.9 Å². The number of carbonyl (C=O) groups is 1. The third-order valence-electron chi connectivity index (χ3n) is 4.07. The van der Waals surface area contributed by atoms with E-state index in [2.05, 4.69) is 37.9 Å². The van der Waals surface area contributed by atoms with Crippen molar-refractivity contribution in [1.29, 1.82) is 0 Å². The Bertz CT molecular complexity index is 457. The molecule has 1 aromatic carbocycles. The number of fused-ring (bicyclic) bond motifs is 2. The molecule has 0 amide bonds. The van der Waals surface area contributed by atoms with Crippen molar-refractivity contribution in [2.75, 3.05) is 0 Å². The van der Waals surface area contributed by atoms with Gasteiger partial charge in [0, 0.05) is 21.1 Å². The molecule has 0 aliphatic heterocycles. The van der Waals surface area contributed by atoms with Crippen LogP contribution < -0.4 is 0 Å². The molecular weight excluding hydrogens is 344 g/mol. The first-order valence-electron chi connectivity index (χ1n) is 6.07. The predicted octanol–water partition coefficient (Wildman–Crippen LogP) is 3.98. The molecule has 3 rings (SSSR count). The van der Waals surface area contributed by atoms with Gasteiger partial charge in [-0.25, -0.2) is 0 Å². The number of halogens is 2. The van der Waals surface area contributed by atoms with E-state index in [9.17, 15) is 4.79 Å². The molecule has 0 heterocycles. The fourth-order valence-corrected chi connectivity index (χ4v) is 4.47. The Morgan fingerprint density at radius 3 is 2.59 bits per heavy atom. The third-order valence-corrected chi connectivity index (χ3v) is 6.80. The van der Waals surface area contributed by atoms with Crippen LogP contribution in [-0.4, -0.2) is 15.4 Å². The van der Waals surface area contributed by atoms with Gasteiger partial charge in [0.25, 0.3) is 0 Å². The van der Waals surface area contributed by atoms with Gasteiger partial charge in [-0.3, -0.25) is 4.79 Å². The fourth-order valence-electron chi connectivity index (χ4n) is 3.15. The second-order valence-corrected chi connectivity index (χ2v) is 7.45. The summed E-state index contributed by atoms with van der Waals surface area (Å²) in [4.78, 5) is 13.4. The van der Waals surface area contributed by atoms with E-state index in [0.717, 1.165) is 24.8 Å². The quantitative estimate of drug-likeness (QED) is 0.642. The normalized spacial score (nSPS) is 36.2. The number of rotatable bonds is 0. The number of benzene rings is 1. The SMILES string of the molecule is O=C1c2ccccc2C[C@@H]2C[C@H](Br)[C@H](Br)C[C@@H]12. The first-order chi connectivity index (χ1) is 8.16. The van der Waals surface area contributed by atoms with Gasteiger partial charge in [-0.1, -0.05) is 56.1 Å². The summed E-state index contributed by atoms with van der Waals surface area (Å²) in [5.41, 5.74) is 2.20. The van der Waals surface area contributed by atoms with Crippen molar-refractivity contribution in [2.24, 2.45) is 11.8 Å². The van der Waals surface area contributed by atoms with Crippen molar-refractivity contribution < 1.29 is 4.79 Å². The molecule has 0 aromatic heterocycles. The van der Waals surface area contributed by atoms with Gasteiger partial charge in [-0.15, -0.1) is 0 Å². The minimum atomic E-state index is 0.225. The molecule has 4 atom stereocenters. The Balaban J connectivity index is 1.97. The van der Waals surface area contributed by atoms with E-state index in [1.54, 1.807) is 0 Å². The summed E-state index contributed by atoms with van der Waals surface area (Å²) in [7, 11) is 0. The lowest BCUT2D eigenvalue weighted by molar-refractivity contribution is 0.0810. The Morgan fingerprint density at radius 2 is 1.76 bits per heavy atom. The van der Waals surface area contributed by atoms with E-state index < -0.39 is 0 Å². The highest BCUT2D eigenvalue weighted by Crippen LogP contribution is 2.43. The monoisotopic (exact) mass is 356 g/mol. The molecule has 2 aliphatic rings. The standard InChI is InChI=1S/C14H14Br2O/c15-12-6-9-5-8-3-1-2-4-10(8)14(17)11(9)7-13(12)16/h1-4,9,11-13H,5-7H2/t9-,11-,12+,13-/m1/s1. The number of carbonyl (C=O) groups excluding carboxylic acids is 1. The van der Waals surface area contributed by atoms with Crippen LogP contribution in [0.2, 0.25) is 0 Å². The zero-order chi connectivity index (χ0) is 12.0. The molecular formula is C14H14Br2O. The van der Waals surface area contributed by atoms with Crippen molar-refractivity contribution >= 4 is 37.6 Å². The number of ketones is 1. The highest BCUT2D eigenvalue weighted by atomic mass is 79.9. The van der Waals surface area contributed by atoms with E-state index >= 15 is 0 Å². The van der Waals surface area contributed by atoms with E-state index in [4.69, 9.17) is 0 Å². The highest BCUT2D eigenvalue weighted by molar-refractivity contribution is 9.12. The summed E-state index contributed by atoms with van der Waals surface area (Å²) < 4.78 is 0. The van der Waals surface area contributed by atoms with Gasteiger partial charge >= 0.3 is 0 Å². The Morgan fingerprint density at radius 1 is 1.06 bits per heavy atom. The van der Waals surface area contributed by atoms with E-state index in [0.29, 0.717) is 21.4 Å². The van der Waals surface area contributed by atoms with Crippen LogP contribution in [0.5, 0.6) is 0 Å². The van der Waals surface area contributed by atoms with Gasteiger partial charge in [0.1, 0.15) is 0 Å². The van der Waals surface area contributed by atoms with Gasteiger partial charge in [0.15, 0.2) is 5.78 Å². The van der Waals surface area contributed by atoms with Crippen LogP contribution in [0.15, 0.2) is 24.3 Å². The lowest BCUT2D eigenvalue weighted by atomic mass is 9.68. The molecule has 2 aliphatic carbocycles. The van der Waals surface area contributed by atoms with Crippen molar-refractivity contribution in [3.63, 3.8) is 0 Å². The summed E-state index contributed by atoms with van der Waals surface area (Å²) in [6.07, 6.45) is 3.13. The Kier molecular flexibility index (Phi) is 3.16. The maximum atomic E-state index is 12.5. The molecule has 3 heteroatoms. The zero-order valence-electron chi connectivity index (χ0n) is 9.40. The number of alkyl halides is 2. The third kappa shape index (κ3) is 2.01. The zero-order valence-corrected chi connectivity index (χ0v) is 12.6. The van der Waals surface area contributed by atoms with E-state index in [1.807, 2.05) is 18.2 Å². The minimum Gasteiger partial charge on any atom is -0.294 e. The second kappa shape index (κ2) is 4.51. The highest BCUT2D eigenvalue weighted by Gasteiger charge is 2.42. The molecule has 1 aromatic rings. The maximum Gasteiger partial charge on any atom is 0.166 e. The first kappa shape index (κ1) is 11.9. The molecule has 1 saturated carbocycles. The molecule has 90 valence electrons. The number of Topliss-reactive ketones (excluding diaryl/α,β-unsaturated/α-hetero) is 1. The molecule has 0 radical (unpaired) electrons. The van der Waals surface area contributed by atoms with Crippen molar-refractivity contribution in [1.82, 2.24) is 0 Å². The topological polar surface area (TPSA) is 17.1 Å². The lowest BCUT2D eigenvalue weighted by Crippen LogP contribution is -2.41. The Hall–Kier alpha value is -0.150. The summed E-state index contributed by atoms with van der Waals surface area (Å²) in [5, 5.41) is 0. The van der Waals surface area contributed by atoms with Crippen LogP contribution in [0.3, 0.4) is 0 Å². The lowest BCUT2D eigenvalue weighted by Gasteiger charge is -2.39. The molecule has 0 unspecified atom stereocenters. The van der Waals surface area contributed by atoms with Gasteiger partial charge in [-0.2, -0.15) is 0 Å². The van der Waals surface area contributed by atoms with Crippen LogP contribution in [0.25, 0.3) is 0 Å². The van der Waals surface area contributed by atoms with Gasteiger partial charge in [0.05, 0.1) is 0 Å². The largest absolute Gasteiger partial charge is 0.294 e. The average Bonchev–Trinajstić information content (AvgIpc) is 2.32. The molecule has 0 N–H and O–H groups in total. The van der Waals surface area contributed by atoms with Gasteiger partial charge in [-0.05, 0) is 30.7 Å². The smallest absolute Gasteiger partial charge is 0.166 e. The molecule has 17 heavy (non-hydrogen) atoms. The molecule has 0 bridgehead atoms. The van der Waals surface area contributed by atoms with Crippen LogP contribution in [0, 0.1) is 11.8 Å². The van der Waals surface area contributed by atoms with Crippen LogP contribution in [0.4, 0.5) is 0 Å². The second-order valence-electron chi connectivity index (χ2n) is 5.10. The summed E-state index contributed by atoms with van der Waals surface area (Å²) >= 11 is 7.40.